The van der Waals surface area contributed by atoms with Gasteiger partial charge in [0.05, 0.1) is 23.1 Å². The number of aromatic nitrogens is 2. The Morgan fingerprint density at radius 2 is 1.82 bits per heavy atom. The molecule has 0 aliphatic rings. The molecule has 3 aromatic rings. The van der Waals surface area contributed by atoms with Crippen molar-refractivity contribution in [1.82, 2.24) is 9.55 Å². The summed E-state index contributed by atoms with van der Waals surface area (Å²) in [4.78, 5) is 4.35. The fraction of sp³-hybridized carbons (Fsp3) is 0.0625. The minimum atomic E-state index is -3.23. The third-order valence-corrected chi connectivity index (χ3v) is 4.43. The third-order valence-electron chi connectivity index (χ3n) is 3.30. The van der Waals surface area contributed by atoms with Crippen LogP contribution in [0.15, 0.2) is 66.0 Å². The quantitative estimate of drug-likeness (QED) is 0.746. The van der Waals surface area contributed by atoms with Crippen LogP contribution in [0.3, 0.4) is 0 Å². The fourth-order valence-corrected chi connectivity index (χ4v) is 2.85. The first-order chi connectivity index (χ1) is 10.4. The van der Waals surface area contributed by atoms with Gasteiger partial charge >= 0.3 is 0 Å². The average molecular weight is 316 g/mol. The van der Waals surface area contributed by atoms with E-state index in [4.69, 9.17) is 0 Å². The molecule has 112 valence electrons. The van der Waals surface area contributed by atoms with Crippen LogP contribution in [0.25, 0.3) is 16.9 Å². The summed E-state index contributed by atoms with van der Waals surface area (Å²) >= 11 is 0. The van der Waals surface area contributed by atoms with Crippen LogP contribution in [-0.2, 0) is 9.84 Å². The van der Waals surface area contributed by atoms with Crippen molar-refractivity contribution in [2.75, 3.05) is 6.26 Å². The summed E-state index contributed by atoms with van der Waals surface area (Å²) in [5.74, 6) is -0.322. The minimum Gasteiger partial charge on any atom is -0.299 e. The van der Waals surface area contributed by atoms with Crippen molar-refractivity contribution in [2.24, 2.45) is 0 Å². The Morgan fingerprint density at radius 3 is 2.45 bits per heavy atom. The van der Waals surface area contributed by atoms with Gasteiger partial charge in [-0.25, -0.2) is 17.8 Å². The van der Waals surface area contributed by atoms with E-state index < -0.39 is 9.84 Å². The van der Waals surface area contributed by atoms with E-state index in [2.05, 4.69) is 4.98 Å². The van der Waals surface area contributed by atoms with Crippen molar-refractivity contribution in [3.05, 3.63) is 66.9 Å². The summed E-state index contributed by atoms with van der Waals surface area (Å²) in [7, 11) is -3.23. The Balaban J connectivity index is 2.06. The molecule has 0 fully saturated rings. The molecule has 0 atom stereocenters. The van der Waals surface area contributed by atoms with Gasteiger partial charge in [0.1, 0.15) is 5.82 Å². The smallest absolute Gasteiger partial charge is 0.175 e. The van der Waals surface area contributed by atoms with E-state index in [-0.39, 0.29) is 10.7 Å². The first-order valence-electron chi connectivity index (χ1n) is 6.54. The second kappa shape index (κ2) is 5.38. The van der Waals surface area contributed by atoms with Gasteiger partial charge in [0.15, 0.2) is 9.84 Å². The van der Waals surface area contributed by atoms with Gasteiger partial charge in [-0.05, 0) is 36.4 Å². The molecule has 0 aliphatic carbocycles. The molecule has 0 N–H and O–H groups in total. The monoisotopic (exact) mass is 316 g/mol. The Hall–Kier alpha value is -2.47. The molecule has 0 radical (unpaired) electrons. The predicted molar refractivity (Wildman–Crippen MR) is 82.1 cm³/mol. The zero-order chi connectivity index (χ0) is 15.7. The van der Waals surface area contributed by atoms with Crippen molar-refractivity contribution >= 4 is 9.84 Å². The number of nitrogens with zero attached hydrogens (tertiary/aromatic N) is 2. The van der Waals surface area contributed by atoms with Gasteiger partial charge in [0.25, 0.3) is 0 Å². The van der Waals surface area contributed by atoms with Crippen molar-refractivity contribution in [3.8, 4) is 16.9 Å². The lowest BCUT2D eigenvalue weighted by Crippen LogP contribution is -1.99. The highest BCUT2D eigenvalue weighted by Gasteiger charge is 2.10. The van der Waals surface area contributed by atoms with Crippen molar-refractivity contribution in [2.45, 2.75) is 4.90 Å². The number of benzene rings is 2. The number of halogens is 1. The molecule has 6 heteroatoms. The van der Waals surface area contributed by atoms with Gasteiger partial charge in [0.2, 0.25) is 0 Å². The molecular formula is C16H13FN2O2S. The van der Waals surface area contributed by atoms with Crippen LogP contribution in [0.1, 0.15) is 0 Å². The van der Waals surface area contributed by atoms with Crippen LogP contribution < -0.4 is 0 Å². The SMILES string of the molecule is CS(=O)(=O)c1ccc(-n2cncc2-c2cccc(F)c2)cc1. The van der Waals surface area contributed by atoms with Gasteiger partial charge in [-0.2, -0.15) is 0 Å². The van der Waals surface area contributed by atoms with Crippen LogP contribution in [0, 0.1) is 5.82 Å². The summed E-state index contributed by atoms with van der Waals surface area (Å²) < 4.78 is 38.2. The maximum atomic E-state index is 13.4. The van der Waals surface area contributed by atoms with Gasteiger partial charge in [-0.15, -0.1) is 0 Å². The zero-order valence-electron chi connectivity index (χ0n) is 11.8. The van der Waals surface area contributed by atoms with E-state index in [0.717, 1.165) is 17.6 Å². The lowest BCUT2D eigenvalue weighted by molar-refractivity contribution is 0.602. The first kappa shape index (κ1) is 14.5. The van der Waals surface area contributed by atoms with Gasteiger partial charge in [-0.1, -0.05) is 12.1 Å². The van der Waals surface area contributed by atoms with E-state index in [0.29, 0.717) is 5.56 Å². The number of hydrogen-bond acceptors (Lipinski definition) is 3. The third kappa shape index (κ3) is 2.78. The summed E-state index contributed by atoms with van der Waals surface area (Å²) in [5, 5.41) is 0. The lowest BCUT2D eigenvalue weighted by Gasteiger charge is -2.09. The van der Waals surface area contributed by atoms with E-state index in [1.165, 1.54) is 12.1 Å². The Kier molecular flexibility index (Phi) is 3.54. The van der Waals surface area contributed by atoms with E-state index in [1.54, 1.807) is 53.5 Å². The molecule has 4 nitrogen and oxygen atoms in total. The van der Waals surface area contributed by atoms with Crippen LogP contribution in [0.4, 0.5) is 4.39 Å². The summed E-state index contributed by atoms with van der Waals surface area (Å²) in [6, 6.07) is 12.7. The second-order valence-electron chi connectivity index (χ2n) is 4.93. The summed E-state index contributed by atoms with van der Waals surface area (Å²) in [5.41, 5.74) is 2.18. The Morgan fingerprint density at radius 1 is 1.09 bits per heavy atom. The van der Waals surface area contributed by atoms with Gasteiger partial charge < -0.3 is 0 Å². The molecule has 0 bridgehead atoms. The molecule has 0 spiro atoms. The zero-order valence-corrected chi connectivity index (χ0v) is 12.6. The second-order valence-corrected chi connectivity index (χ2v) is 6.94. The largest absolute Gasteiger partial charge is 0.299 e. The predicted octanol–water partition coefficient (Wildman–Crippen LogP) is 3.08. The molecule has 22 heavy (non-hydrogen) atoms. The molecule has 1 heterocycles. The van der Waals surface area contributed by atoms with E-state index in [9.17, 15) is 12.8 Å². The van der Waals surface area contributed by atoms with Gasteiger partial charge in [0, 0.05) is 17.5 Å². The molecule has 3 rings (SSSR count). The number of rotatable bonds is 3. The highest BCUT2D eigenvalue weighted by Crippen LogP contribution is 2.24. The number of imidazole rings is 1. The Bertz CT molecular complexity index is 915. The van der Waals surface area contributed by atoms with Crippen LogP contribution in [0.5, 0.6) is 0 Å². The Labute approximate surface area is 127 Å². The molecule has 0 saturated heterocycles. The number of sulfone groups is 1. The molecular weight excluding hydrogens is 303 g/mol. The van der Waals surface area contributed by atoms with E-state index >= 15 is 0 Å². The molecule has 0 amide bonds. The van der Waals surface area contributed by atoms with Crippen molar-refractivity contribution < 1.29 is 12.8 Å². The molecule has 1 aromatic heterocycles. The number of hydrogen-bond donors (Lipinski definition) is 0. The summed E-state index contributed by atoms with van der Waals surface area (Å²) in [6.07, 6.45) is 4.41. The van der Waals surface area contributed by atoms with E-state index in [1.807, 2.05) is 0 Å². The normalized spacial score (nSPS) is 11.5. The molecule has 0 saturated carbocycles. The van der Waals surface area contributed by atoms with Crippen molar-refractivity contribution in [1.29, 1.82) is 0 Å². The van der Waals surface area contributed by atoms with Crippen molar-refractivity contribution in [3.63, 3.8) is 0 Å². The maximum absolute atomic E-state index is 13.4. The lowest BCUT2D eigenvalue weighted by atomic mass is 10.1. The summed E-state index contributed by atoms with van der Waals surface area (Å²) in [6.45, 7) is 0. The molecule has 0 aliphatic heterocycles. The van der Waals surface area contributed by atoms with Crippen LogP contribution >= 0.6 is 0 Å². The molecule has 0 unspecified atom stereocenters. The highest BCUT2D eigenvalue weighted by molar-refractivity contribution is 7.90. The van der Waals surface area contributed by atoms with Gasteiger partial charge in [-0.3, -0.25) is 4.57 Å². The maximum Gasteiger partial charge on any atom is 0.175 e. The van der Waals surface area contributed by atoms with Crippen LogP contribution in [0.2, 0.25) is 0 Å². The fourth-order valence-electron chi connectivity index (χ4n) is 2.22. The first-order valence-corrected chi connectivity index (χ1v) is 8.43. The highest BCUT2D eigenvalue weighted by atomic mass is 32.2. The topological polar surface area (TPSA) is 52.0 Å². The standard InChI is InChI=1S/C16H13FN2O2S/c1-22(20,21)15-7-5-14(6-8-15)19-11-18-10-16(19)12-3-2-4-13(17)9-12/h2-11H,1H3. The average Bonchev–Trinajstić information content (AvgIpc) is 2.96. The minimum absolute atomic E-state index is 0.253. The molecule has 2 aromatic carbocycles. The van der Waals surface area contributed by atoms with Crippen LogP contribution in [-0.4, -0.2) is 24.2 Å².